The normalized spacial score (nSPS) is 18.0. The molecule has 2 N–H and O–H groups in total. The summed E-state index contributed by atoms with van der Waals surface area (Å²) < 4.78 is 12.3. The highest BCUT2D eigenvalue weighted by atomic mass is 16.5. The minimum atomic E-state index is 0.0401. The van der Waals surface area contributed by atoms with Gasteiger partial charge in [0.05, 0.1) is 6.61 Å². The molecule has 0 spiro atoms. The zero-order valence-electron chi connectivity index (χ0n) is 12.1. The number of ether oxygens (including phenoxy) is 2. The number of hydrogen-bond acceptors (Lipinski definition) is 4. The molecule has 0 bridgehead atoms. The fourth-order valence-electron chi connectivity index (χ4n) is 2.71. The van der Waals surface area contributed by atoms with E-state index in [4.69, 9.17) is 15.2 Å². The molecule has 5 nitrogen and oxygen atoms in total. The number of methoxy groups -OCH3 is 1. The molecule has 20 heavy (non-hydrogen) atoms. The van der Waals surface area contributed by atoms with Crippen LogP contribution in [0.4, 0.5) is 0 Å². The van der Waals surface area contributed by atoms with Crippen LogP contribution in [-0.2, 0) is 22.4 Å². The van der Waals surface area contributed by atoms with Crippen LogP contribution < -0.4 is 11.3 Å². The van der Waals surface area contributed by atoms with Gasteiger partial charge >= 0.3 is 0 Å². The van der Waals surface area contributed by atoms with E-state index in [1.807, 2.05) is 10.6 Å². The number of fused-ring (bicyclic) bond motifs is 1. The minimum Gasteiger partial charge on any atom is -0.385 e. The highest BCUT2D eigenvalue weighted by molar-refractivity contribution is 5.27. The first kappa shape index (κ1) is 15.2. The van der Waals surface area contributed by atoms with Gasteiger partial charge in [-0.2, -0.15) is 0 Å². The molecular formula is C15H24N2O3. The first-order chi connectivity index (χ1) is 9.74. The Balaban J connectivity index is 1.97. The van der Waals surface area contributed by atoms with E-state index in [9.17, 15) is 4.79 Å². The monoisotopic (exact) mass is 280 g/mol. The molecule has 1 unspecified atom stereocenters. The van der Waals surface area contributed by atoms with Crippen molar-refractivity contribution in [2.24, 2.45) is 5.73 Å². The molecule has 1 heterocycles. The van der Waals surface area contributed by atoms with E-state index >= 15 is 0 Å². The second-order valence-electron chi connectivity index (χ2n) is 5.18. The predicted octanol–water partition coefficient (Wildman–Crippen LogP) is 1.24. The lowest BCUT2D eigenvalue weighted by atomic mass is 9.91. The Kier molecular flexibility index (Phi) is 5.76. The second kappa shape index (κ2) is 7.57. The van der Waals surface area contributed by atoms with Crippen LogP contribution in [0.5, 0.6) is 0 Å². The standard InChI is InChI=1S/C15H24N2O3/c1-19-9-3-10-20-11-8-17-14-5-2-4-13(16)12(14)6-7-15(17)18/h6-7,13H,2-5,8-11,16H2,1H3. The highest BCUT2D eigenvalue weighted by Gasteiger charge is 2.19. The zero-order chi connectivity index (χ0) is 14.4. The van der Waals surface area contributed by atoms with E-state index in [1.165, 1.54) is 0 Å². The van der Waals surface area contributed by atoms with Gasteiger partial charge in [0.15, 0.2) is 0 Å². The Bertz CT molecular complexity index is 484. The predicted molar refractivity (Wildman–Crippen MR) is 77.9 cm³/mol. The van der Waals surface area contributed by atoms with Crippen molar-refractivity contribution in [2.45, 2.75) is 38.3 Å². The Morgan fingerprint density at radius 1 is 1.35 bits per heavy atom. The van der Waals surface area contributed by atoms with Crippen molar-refractivity contribution in [3.05, 3.63) is 33.7 Å². The molecule has 0 saturated heterocycles. The summed E-state index contributed by atoms with van der Waals surface area (Å²) in [5.74, 6) is 0. The molecule has 0 aromatic carbocycles. The van der Waals surface area contributed by atoms with Crippen molar-refractivity contribution in [2.75, 3.05) is 26.9 Å². The quantitative estimate of drug-likeness (QED) is 0.763. The molecule has 1 aliphatic rings. The van der Waals surface area contributed by atoms with Crippen LogP contribution in [0, 0.1) is 0 Å². The summed E-state index contributed by atoms with van der Waals surface area (Å²) >= 11 is 0. The third-order valence-corrected chi connectivity index (χ3v) is 3.76. The Morgan fingerprint density at radius 3 is 3.00 bits per heavy atom. The molecule has 5 heteroatoms. The molecule has 0 amide bonds. The fraction of sp³-hybridized carbons (Fsp3) is 0.667. The smallest absolute Gasteiger partial charge is 0.250 e. The van der Waals surface area contributed by atoms with Gasteiger partial charge in [0, 0.05) is 44.7 Å². The van der Waals surface area contributed by atoms with E-state index in [0.717, 1.165) is 36.9 Å². The maximum absolute atomic E-state index is 12.0. The van der Waals surface area contributed by atoms with Gasteiger partial charge in [-0.15, -0.1) is 0 Å². The molecule has 2 rings (SSSR count). The molecule has 1 aromatic rings. The van der Waals surface area contributed by atoms with Crippen molar-refractivity contribution in [1.29, 1.82) is 0 Å². The summed E-state index contributed by atoms with van der Waals surface area (Å²) in [7, 11) is 1.68. The van der Waals surface area contributed by atoms with Crippen LogP contribution in [0.3, 0.4) is 0 Å². The van der Waals surface area contributed by atoms with Crippen molar-refractivity contribution in [3.63, 3.8) is 0 Å². The van der Waals surface area contributed by atoms with E-state index in [0.29, 0.717) is 26.4 Å². The number of aromatic nitrogens is 1. The second-order valence-corrected chi connectivity index (χ2v) is 5.18. The summed E-state index contributed by atoms with van der Waals surface area (Å²) in [5.41, 5.74) is 8.37. The third-order valence-electron chi connectivity index (χ3n) is 3.76. The zero-order valence-corrected chi connectivity index (χ0v) is 12.1. The van der Waals surface area contributed by atoms with E-state index in [2.05, 4.69) is 0 Å². The molecule has 0 radical (unpaired) electrons. The summed E-state index contributed by atoms with van der Waals surface area (Å²) in [4.78, 5) is 12.0. The summed E-state index contributed by atoms with van der Waals surface area (Å²) in [6.07, 6.45) is 3.86. The summed E-state index contributed by atoms with van der Waals surface area (Å²) in [5, 5.41) is 0. The highest BCUT2D eigenvalue weighted by Crippen LogP contribution is 2.26. The van der Waals surface area contributed by atoms with Gasteiger partial charge in [0.1, 0.15) is 0 Å². The van der Waals surface area contributed by atoms with Crippen LogP contribution >= 0.6 is 0 Å². The average molecular weight is 280 g/mol. The van der Waals surface area contributed by atoms with Gasteiger partial charge in [-0.1, -0.05) is 6.07 Å². The topological polar surface area (TPSA) is 66.5 Å². The van der Waals surface area contributed by atoms with Gasteiger partial charge in [-0.05, 0) is 31.2 Å². The minimum absolute atomic E-state index is 0.0401. The van der Waals surface area contributed by atoms with E-state index < -0.39 is 0 Å². The molecule has 112 valence electrons. The Labute approximate surface area is 119 Å². The van der Waals surface area contributed by atoms with Crippen LogP contribution in [0.1, 0.15) is 36.6 Å². The van der Waals surface area contributed by atoms with Crippen molar-refractivity contribution in [3.8, 4) is 0 Å². The lowest BCUT2D eigenvalue weighted by Gasteiger charge is -2.25. The Morgan fingerprint density at radius 2 is 2.20 bits per heavy atom. The van der Waals surface area contributed by atoms with Crippen LogP contribution in [0.2, 0.25) is 0 Å². The maximum atomic E-state index is 12.0. The molecule has 0 fully saturated rings. The number of rotatable bonds is 7. The molecule has 1 atom stereocenters. The van der Waals surface area contributed by atoms with Crippen molar-refractivity contribution < 1.29 is 9.47 Å². The summed E-state index contributed by atoms with van der Waals surface area (Å²) in [6, 6.07) is 3.57. The average Bonchev–Trinajstić information content (AvgIpc) is 2.45. The lowest BCUT2D eigenvalue weighted by molar-refractivity contribution is 0.0967. The number of pyridine rings is 1. The molecule has 0 saturated carbocycles. The fourth-order valence-corrected chi connectivity index (χ4v) is 2.71. The molecule has 0 aliphatic heterocycles. The van der Waals surface area contributed by atoms with E-state index in [-0.39, 0.29) is 11.6 Å². The number of nitrogens with zero attached hydrogens (tertiary/aromatic N) is 1. The van der Waals surface area contributed by atoms with Gasteiger partial charge < -0.3 is 19.8 Å². The molecule has 1 aromatic heterocycles. The summed E-state index contributed by atoms with van der Waals surface area (Å²) in [6.45, 7) is 2.52. The van der Waals surface area contributed by atoms with Crippen LogP contribution in [0.15, 0.2) is 16.9 Å². The van der Waals surface area contributed by atoms with Gasteiger partial charge in [-0.25, -0.2) is 0 Å². The van der Waals surface area contributed by atoms with Gasteiger partial charge in [0.2, 0.25) is 0 Å². The van der Waals surface area contributed by atoms with Crippen LogP contribution in [0.25, 0.3) is 0 Å². The Hall–Kier alpha value is -1.17. The maximum Gasteiger partial charge on any atom is 0.250 e. The molecular weight excluding hydrogens is 256 g/mol. The van der Waals surface area contributed by atoms with Crippen molar-refractivity contribution in [1.82, 2.24) is 4.57 Å². The van der Waals surface area contributed by atoms with Gasteiger partial charge in [-0.3, -0.25) is 4.79 Å². The first-order valence-corrected chi connectivity index (χ1v) is 7.29. The lowest BCUT2D eigenvalue weighted by Crippen LogP contribution is -2.30. The number of nitrogens with two attached hydrogens (primary N) is 1. The van der Waals surface area contributed by atoms with Crippen molar-refractivity contribution >= 4 is 0 Å². The first-order valence-electron chi connectivity index (χ1n) is 7.29. The largest absolute Gasteiger partial charge is 0.385 e. The molecule has 1 aliphatic carbocycles. The third kappa shape index (κ3) is 3.69. The van der Waals surface area contributed by atoms with E-state index in [1.54, 1.807) is 13.2 Å². The SMILES string of the molecule is COCCCOCCn1c2c(ccc1=O)C(N)CCC2. The number of hydrogen-bond donors (Lipinski definition) is 1. The van der Waals surface area contributed by atoms with Crippen LogP contribution in [-0.4, -0.2) is 31.5 Å². The van der Waals surface area contributed by atoms with Gasteiger partial charge in [0.25, 0.3) is 5.56 Å².